The van der Waals surface area contributed by atoms with E-state index < -0.39 is 18.5 Å². The Bertz CT molecular complexity index is 152. The molecule has 0 heterocycles. The van der Waals surface area contributed by atoms with E-state index in [1.807, 2.05) is 5.32 Å². The van der Waals surface area contributed by atoms with E-state index in [2.05, 4.69) is 5.32 Å². The highest BCUT2D eigenvalue weighted by molar-refractivity contribution is 5.04. The highest BCUT2D eigenvalue weighted by atomic mass is 19.4. The van der Waals surface area contributed by atoms with E-state index >= 15 is 0 Å². The van der Waals surface area contributed by atoms with Crippen LogP contribution in [0.25, 0.3) is 0 Å². The Labute approximate surface area is 67.6 Å². The van der Waals surface area contributed by atoms with Gasteiger partial charge in [-0.25, -0.2) is 4.39 Å². The van der Waals surface area contributed by atoms with Gasteiger partial charge in [-0.2, -0.15) is 13.2 Å². The summed E-state index contributed by atoms with van der Waals surface area (Å²) in [5, 5.41) is 4.13. The molecule has 0 rings (SSSR count). The Kier molecular flexibility index (Phi) is 4.46. The minimum Gasteiger partial charge on any atom is -0.387 e. The molecule has 6 heteroatoms. The van der Waals surface area contributed by atoms with E-state index in [9.17, 15) is 17.6 Å². The lowest BCUT2D eigenvalue weighted by Crippen LogP contribution is -2.26. The average molecular weight is 186 g/mol. The number of halogens is 4. The van der Waals surface area contributed by atoms with Crippen molar-refractivity contribution in [1.29, 1.82) is 0 Å². The Hall–Kier alpha value is -0.940. The SMILES string of the molecule is CN/C(=C\NCCF)C(F)(F)F. The van der Waals surface area contributed by atoms with E-state index in [4.69, 9.17) is 0 Å². The Morgan fingerprint density at radius 2 is 2.00 bits per heavy atom. The maximum atomic E-state index is 11.9. The summed E-state index contributed by atoms with van der Waals surface area (Å²) in [5.74, 6) is 0. The Balaban J connectivity index is 4.05. The Morgan fingerprint density at radius 1 is 1.42 bits per heavy atom. The van der Waals surface area contributed by atoms with Crippen molar-refractivity contribution in [2.24, 2.45) is 0 Å². The molecule has 0 unspecified atom stereocenters. The van der Waals surface area contributed by atoms with Crippen LogP contribution in [0.2, 0.25) is 0 Å². The number of alkyl halides is 4. The van der Waals surface area contributed by atoms with Crippen molar-refractivity contribution in [3.8, 4) is 0 Å². The van der Waals surface area contributed by atoms with Gasteiger partial charge < -0.3 is 10.6 Å². The molecule has 0 aromatic rings. The molecule has 0 aromatic heterocycles. The van der Waals surface area contributed by atoms with Crippen molar-refractivity contribution < 1.29 is 17.6 Å². The molecule has 0 amide bonds. The molecule has 72 valence electrons. The van der Waals surface area contributed by atoms with Crippen LogP contribution >= 0.6 is 0 Å². The topological polar surface area (TPSA) is 24.1 Å². The van der Waals surface area contributed by atoms with Gasteiger partial charge in [0.1, 0.15) is 12.4 Å². The maximum absolute atomic E-state index is 11.9. The molecule has 2 nitrogen and oxygen atoms in total. The quantitative estimate of drug-likeness (QED) is 0.508. The number of allylic oxidation sites excluding steroid dienone is 1. The summed E-state index contributed by atoms with van der Waals surface area (Å²) in [5.41, 5.74) is -0.920. The first kappa shape index (κ1) is 11.1. The van der Waals surface area contributed by atoms with Gasteiger partial charge in [-0.3, -0.25) is 0 Å². The van der Waals surface area contributed by atoms with Crippen molar-refractivity contribution in [3.05, 3.63) is 11.9 Å². The molecule has 0 fully saturated rings. The second-order valence-electron chi connectivity index (χ2n) is 1.95. The number of hydrogen-bond acceptors (Lipinski definition) is 2. The molecule has 0 aliphatic rings. The number of hydrogen-bond donors (Lipinski definition) is 2. The highest BCUT2D eigenvalue weighted by Crippen LogP contribution is 2.21. The second kappa shape index (κ2) is 4.84. The molecule has 0 aromatic carbocycles. The van der Waals surface area contributed by atoms with Crippen LogP contribution in [0.15, 0.2) is 11.9 Å². The fraction of sp³-hybridized carbons (Fsp3) is 0.667. The maximum Gasteiger partial charge on any atom is 0.432 e. The summed E-state index contributed by atoms with van der Waals surface area (Å²) in [4.78, 5) is 0. The summed E-state index contributed by atoms with van der Waals surface area (Å²) in [7, 11) is 1.15. The summed E-state index contributed by atoms with van der Waals surface area (Å²) in [6, 6.07) is 0. The van der Waals surface area contributed by atoms with Crippen molar-refractivity contribution in [1.82, 2.24) is 10.6 Å². The first-order valence-electron chi connectivity index (χ1n) is 3.27. The first-order chi connectivity index (χ1) is 5.52. The van der Waals surface area contributed by atoms with Crippen LogP contribution in [-0.4, -0.2) is 26.4 Å². The van der Waals surface area contributed by atoms with Crippen LogP contribution in [0.5, 0.6) is 0 Å². The third-order valence-corrected chi connectivity index (χ3v) is 1.06. The van der Waals surface area contributed by atoms with Gasteiger partial charge in [0.2, 0.25) is 0 Å². The van der Waals surface area contributed by atoms with Crippen LogP contribution in [0.3, 0.4) is 0 Å². The van der Waals surface area contributed by atoms with Crippen LogP contribution in [-0.2, 0) is 0 Å². The largest absolute Gasteiger partial charge is 0.432 e. The molecule has 12 heavy (non-hydrogen) atoms. The second-order valence-corrected chi connectivity index (χ2v) is 1.95. The lowest BCUT2D eigenvalue weighted by atomic mass is 10.4. The molecule has 2 N–H and O–H groups in total. The van der Waals surface area contributed by atoms with Crippen molar-refractivity contribution >= 4 is 0 Å². The lowest BCUT2D eigenvalue weighted by molar-refractivity contribution is -0.0964. The number of rotatable bonds is 4. The first-order valence-corrected chi connectivity index (χ1v) is 3.27. The molecule has 0 saturated carbocycles. The van der Waals surface area contributed by atoms with E-state index in [-0.39, 0.29) is 6.54 Å². The van der Waals surface area contributed by atoms with Crippen LogP contribution in [0, 0.1) is 0 Å². The molecule has 0 aliphatic carbocycles. The van der Waals surface area contributed by atoms with Crippen molar-refractivity contribution in [2.45, 2.75) is 6.18 Å². The molecular weight excluding hydrogens is 176 g/mol. The molecule has 0 atom stereocenters. The van der Waals surface area contributed by atoms with E-state index in [0.717, 1.165) is 7.05 Å². The van der Waals surface area contributed by atoms with Gasteiger partial charge in [0, 0.05) is 19.8 Å². The van der Waals surface area contributed by atoms with Gasteiger partial charge in [0.25, 0.3) is 0 Å². The highest BCUT2D eigenvalue weighted by Gasteiger charge is 2.32. The van der Waals surface area contributed by atoms with Crippen molar-refractivity contribution in [3.63, 3.8) is 0 Å². The summed E-state index contributed by atoms with van der Waals surface area (Å²) >= 11 is 0. The summed E-state index contributed by atoms with van der Waals surface area (Å²) in [6.07, 6.45) is -3.71. The van der Waals surface area contributed by atoms with Gasteiger partial charge in [-0.15, -0.1) is 0 Å². The van der Waals surface area contributed by atoms with Gasteiger partial charge >= 0.3 is 6.18 Å². The van der Waals surface area contributed by atoms with E-state index in [1.165, 1.54) is 0 Å². The fourth-order valence-electron chi connectivity index (χ4n) is 0.525. The molecular formula is C6H10F4N2. The van der Waals surface area contributed by atoms with Gasteiger partial charge in [-0.05, 0) is 0 Å². The summed E-state index contributed by atoms with van der Waals surface area (Å²) < 4.78 is 47.1. The number of nitrogens with one attached hydrogen (secondary N) is 2. The molecule has 0 aliphatic heterocycles. The average Bonchev–Trinajstić information content (AvgIpc) is 1.95. The minimum atomic E-state index is -4.42. The third-order valence-electron chi connectivity index (χ3n) is 1.06. The standard InChI is InChI=1S/C6H10F4N2/c1-11-5(6(8,9)10)4-12-3-2-7/h4,11-12H,2-3H2,1H3/b5-4-. The zero-order valence-corrected chi connectivity index (χ0v) is 6.50. The normalized spacial score (nSPS) is 12.9. The van der Waals surface area contributed by atoms with Gasteiger partial charge in [-0.1, -0.05) is 0 Å². The zero-order chi connectivity index (χ0) is 9.61. The molecule has 0 radical (unpaired) electrons. The van der Waals surface area contributed by atoms with Crippen molar-refractivity contribution in [2.75, 3.05) is 20.3 Å². The Morgan fingerprint density at radius 3 is 2.33 bits per heavy atom. The molecule has 0 saturated heterocycles. The third kappa shape index (κ3) is 4.05. The van der Waals surface area contributed by atoms with Crippen LogP contribution < -0.4 is 10.6 Å². The van der Waals surface area contributed by atoms with E-state index in [1.54, 1.807) is 0 Å². The van der Waals surface area contributed by atoms with Crippen LogP contribution in [0.4, 0.5) is 17.6 Å². The smallest absolute Gasteiger partial charge is 0.387 e. The summed E-state index contributed by atoms with van der Waals surface area (Å²) in [6.45, 7) is -0.827. The predicted octanol–water partition coefficient (Wildman–Crippen LogP) is 1.17. The minimum absolute atomic E-state index is 0.124. The fourth-order valence-corrected chi connectivity index (χ4v) is 0.525. The zero-order valence-electron chi connectivity index (χ0n) is 6.50. The lowest BCUT2D eigenvalue weighted by Gasteiger charge is -2.10. The molecule has 0 spiro atoms. The van der Waals surface area contributed by atoms with Crippen LogP contribution in [0.1, 0.15) is 0 Å². The predicted molar refractivity (Wildman–Crippen MR) is 37.2 cm³/mol. The monoisotopic (exact) mass is 186 g/mol. The molecule has 0 bridgehead atoms. The van der Waals surface area contributed by atoms with Gasteiger partial charge in [0.15, 0.2) is 0 Å². The van der Waals surface area contributed by atoms with Gasteiger partial charge in [0.05, 0.1) is 0 Å². The van der Waals surface area contributed by atoms with E-state index in [0.29, 0.717) is 6.20 Å².